The van der Waals surface area contributed by atoms with Crippen LogP contribution in [0.15, 0.2) is 18.2 Å². The van der Waals surface area contributed by atoms with Crippen molar-refractivity contribution in [2.24, 2.45) is 0 Å². The Kier molecular flexibility index (Phi) is 3.55. The fourth-order valence-corrected chi connectivity index (χ4v) is 2.85. The number of hydrogen-bond acceptors (Lipinski definition) is 5. The van der Waals surface area contributed by atoms with Gasteiger partial charge in [0.2, 0.25) is 9.97 Å². The molecule has 0 aliphatic rings. The second-order valence-corrected chi connectivity index (χ2v) is 5.91. The minimum atomic E-state index is -4.69. The van der Waals surface area contributed by atoms with E-state index in [9.17, 15) is 18.0 Å². The first kappa shape index (κ1) is 15.4. The van der Waals surface area contributed by atoms with E-state index in [2.05, 4.69) is 20.6 Å². The summed E-state index contributed by atoms with van der Waals surface area (Å²) < 4.78 is 38.7. The Morgan fingerprint density at radius 1 is 1.17 bits per heavy atom. The molecule has 0 radical (unpaired) electrons. The minimum absolute atomic E-state index is 0.0945. The molecule has 3 aromatic rings. The van der Waals surface area contributed by atoms with Crippen molar-refractivity contribution in [1.82, 2.24) is 19.8 Å². The lowest BCUT2D eigenvalue weighted by atomic mass is 10.1. The fraction of sp³-hybridized carbons (Fsp3) is 0.231. The van der Waals surface area contributed by atoms with Crippen molar-refractivity contribution >= 4 is 27.9 Å². The van der Waals surface area contributed by atoms with Crippen LogP contribution in [0.5, 0.6) is 0 Å². The van der Waals surface area contributed by atoms with Gasteiger partial charge in [0.25, 0.3) is 11.7 Å². The first-order valence-corrected chi connectivity index (χ1v) is 7.25. The Bertz CT molecular complexity index is 879. The van der Waals surface area contributed by atoms with Gasteiger partial charge >= 0.3 is 6.18 Å². The maximum atomic E-state index is 12.7. The zero-order chi connectivity index (χ0) is 16.8. The number of anilines is 1. The van der Waals surface area contributed by atoms with E-state index in [0.29, 0.717) is 10.2 Å². The van der Waals surface area contributed by atoms with Gasteiger partial charge in [0.15, 0.2) is 0 Å². The number of carbonyl (C=O) groups is 1. The first-order valence-electron chi connectivity index (χ1n) is 6.43. The monoisotopic (exact) mass is 341 g/mol. The second-order valence-electron chi connectivity index (χ2n) is 4.95. The highest BCUT2D eigenvalue weighted by atomic mass is 32.1. The molecular weight excluding hydrogens is 331 g/mol. The summed E-state index contributed by atoms with van der Waals surface area (Å²) in [5.41, 5.74) is 2.46. The van der Waals surface area contributed by atoms with Crippen molar-refractivity contribution in [3.05, 3.63) is 40.2 Å². The lowest BCUT2D eigenvalue weighted by Crippen LogP contribution is -2.15. The molecule has 0 aliphatic carbocycles. The third-order valence-corrected chi connectivity index (χ3v) is 3.82. The van der Waals surface area contributed by atoms with E-state index in [0.717, 1.165) is 22.5 Å². The number of rotatable bonds is 2. The van der Waals surface area contributed by atoms with Gasteiger partial charge in [-0.05, 0) is 37.1 Å². The maximum absolute atomic E-state index is 12.7. The zero-order valence-electron chi connectivity index (χ0n) is 12.0. The Balaban J connectivity index is 1.91. The van der Waals surface area contributed by atoms with E-state index in [4.69, 9.17) is 0 Å². The molecule has 0 bridgehead atoms. The SMILES string of the molecule is Cc1cc(C)cc(NC(=O)c2nn3c(C(F)(F)F)nnc3s2)c1. The van der Waals surface area contributed by atoms with Crippen LogP contribution in [-0.2, 0) is 6.18 Å². The second kappa shape index (κ2) is 5.30. The van der Waals surface area contributed by atoms with Crippen LogP contribution in [0.4, 0.5) is 18.9 Å². The molecule has 1 N–H and O–H groups in total. The van der Waals surface area contributed by atoms with Gasteiger partial charge in [-0.25, -0.2) is 0 Å². The van der Waals surface area contributed by atoms with Crippen molar-refractivity contribution in [3.63, 3.8) is 0 Å². The van der Waals surface area contributed by atoms with E-state index >= 15 is 0 Å². The van der Waals surface area contributed by atoms with Gasteiger partial charge in [-0.2, -0.15) is 17.7 Å². The molecule has 120 valence electrons. The van der Waals surface area contributed by atoms with E-state index in [1.807, 2.05) is 19.9 Å². The van der Waals surface area contributed by atoms with E-state index in [1.54, 1.807) is 12.1 Å². The summed E-state index contributed by atoms with van der Waals surface area (Å²) in [6.07, 6.45) is -4.69. The highest BCUT2D eigenvalue weighted by molar-refractivity contribution is 7.18. The van der Waals surface area contributed by atoms with Crippen molar-refractivity contribution in [2.45, 2.75) is 20.0 Å². The molecule has 23 heavy (non-hydrogen) atoms. The lowest BCUT2D eigenvalue weighted by Gasteiger charge is -2.05. The number of alkyl halides is 3. The predicted octanol–water partition coefficient (Wildman–Crippen LogP) is 3.07. The fourth-order valence-electron chi connectivity index (χ4n) is 2.12. The molecule has 0 unspecified atom stereocenters. The number of nitrogens with zero attached hydrogens (tertiary/aromatic N) is 4. The molecule has 0 spiro atoms. The molecule has 0 aliphatic heterocycles. The van der Waals surface area contributed by atoms with E-state index < -0.39 is 17.9 Å². The number of nitrogens with one attached hydrogen (secondary N) is 1. The van der Waals surface area contributed by atoms with Crippen molar-refractivity contribution < 1.29 is 18.0 Å². The maximum Gasteiger partial charge on any atom is 0.453 e. The molecule has 3 rings (SSSR count). The molecule has 6 nitrogen and oxygen atoms in total. The largest absolute Gasteiger partial charge is 0.453 e. The van der Waals surface area contributed by atoms with E-state index in [-0.39, 0.29) is 9.97 Å². The molecule has 1 amide bonds. The molecule has 0 saturated heterocycles. The van der Waals surface area contributed by atoms with Crippen LogP contribution >= 0.6 is 11.3 Å². The van der Waals surface area contributed by atoms with Crippen LogP contribution in [0.3, 0.4) is 0 Å². The standard InChI is InChI=1S/C13H10F3N5OS/c1-6-3-7(2)5-8(4-6)17-9(22)10-20-21-11(13(14,15)16)18-19-12(21)23-10/h3-5H,1-2H3,(H,17,22). The van der Waals surface area contributed by atoms with Crippen LogP contribution in [0, 0.1) is 13.8 Å². The first-order chi connectivity index (χ1) is 10.7. The van der Waals surface area contributed by atoms with Gasteiger partial charge in [0, 0.05) is 5.69 Å². The van der Waals surface area contributed by atoms with Gasteiger partial charge < -0.3 is 5.32 Å². The summed E-state index contributed by atoms with van der Waals surface area (Å²) in [7, 11) is 0. The number of benzene rings is 1. The third-order valence-electron chi connectivity index (χ3n) is 2.92. The van der Waals surface area contributed by atoms with Crippen molar-refractivity contribution in [3.8, 4) is 0 Å². The topological polar surface area (TPSA) is 72.2 Å². The van der Waals surface area contributed by atoms with E-state index in [1.165, 1.54) is 0 Å². The Hall–Kier alpha value is -2.49. The number of aromatic nitrogens is 4. The minimum Gasteiger partial charge on any atom is -0.320 e. The predicted molar refractivity (Wildman–Crippen MR) is 77.5 cm³/mol. The average Bonchev–Trinajstić information content (AvgIpc) is 2.94. The third kappa shape index (κ3) is 3.02. The Morgan fingerprint density at radius 3 is 2.43 bits per heavy atom. The molecule has 2 heterocycles. The molecule has 0 saturated carbocycles. The van der Waals surface area contributed by atoms with Crippen LogP contribution in [0.2, 0.25) is 0 Å². The molecule has 0 atom stereocenters. The van der Waals surface area contributed by atoms with Gasteiger partial charge in [-0.15, -0.1) is 15.3 Å². The van der Waals surface area contributed by atoms with Gasteiger partial charge in [-0.1, -0.05) is 17.4 Å². The summed E-state index contributed by atoms with van der Waals surface area (Å²) in [5, 5.41) is 12.6. The molecule has 2 aromatic heterocycles. The van der Waals surface area contributed by atoms with Crippen LogP contribution in [0.1, 0.15) is 26.8 Å². The Morgan fingerprint density at radius 2 is 1.83 bits per heavy atom. The van der Waals surface area contributed by atoms with Gasteiger partial charge in [0.05, 0.1) is 0 Å². The summed E-state index contributed by atoms with van der Waals surface area (Å²) in [4.78, 5) is 12.1. The lowest BCUT2D eigenvalue weighted by molar-refractivity contribution is -0.146. The van der Waals surface area contributed by atoms with Crippen LogP contribution in [-0.4, -0.2) is 25.7 Å². The number of amides is 1. The molecule has 0 fully saturated rings. The highest BCUT2D eigenvalue weighted by Crippen LogP contribution is 2.29. The summed E-state index contributed by atoms with van der Waals surface area (Å²) in [6.45, 7) is 3.75. The summed E-state index contributed by atoms with van der Waals surface area (Å²) in [5.74, 6) is -1.85. The molecular formula is C13H10F3N5OS. The Labute approximate surface area is 132 Å². The molecule has 10 heteroatoms. The van der Waals surface area contributed by atoms with Gasteiger partial charge in [0.1, 0.15) is 0 Å². The van der Waals surface area contributed by atoms with Crippen LogP contribution in [0.25, 0.3) is 4.96 Å². The quantitative estimate of drug-likeness (QED) is 0.777. The summed E-state index contributed by atoms with van der Waals surface area (Å²) >= 11 is 0.736. The number of halogens is 3. The number of aryl methyl sites for hydroxylation is 2. The smallest absolute Gasteiger partial charge is 0.320 e. The van der Waals surface area contributed by atoms with Crippen molar-refractivity contribution in [2.75, 3.05) is 5.32 Å². The van der Waals surface area contributed by atoms with Crippen LogP contribution < -0.4 is 5.32 Å². The van der Waals surface area contributed by atoms with Crippen molar-refractivity contribution in [1.29, 1.82) is 0 Å². The zero-order valence-corrected chi connectivity index (χ0v) is 12.8. The number of hydrogen-bond donors (Lipinski definition) is 1. The molecule has 1 aromatic carbocycles. The number of carbonyl (C=O) groups excluding carboxylic acids is 1. The van der Waals surface area contributed by atoms with Gasteiger partial charge in [-0.3, -0.25) is 4.79 Å². The highest BCUT2D eigenvalue weighted by Gasteiger charge is 2.38. The normalized spacial score (nSPS) is 11.9. The summed E-state index contributed by atoms with van der Waals surface area (Å²) in [6, 6.07) is 5.45. The average molecular weight is 341 g/mol. The number of fused-ring (bicyclic) bond motifs is 1.